The number of carboxylic acids is 2. The average Bonchev–Trinajstić information content (AvgIpc) is 2.89. The van der Waals surface area contributed by atoms with Crippen molar-refractivity contribution in [3.63, 3.8) is 0 Å². The molecule has 0 bridgehead atoms. The third kappa shape index (κ3) is 5.51. The fourth-order valence-corrected chi connectivity index (χ4v) is 3.47. The van der Waals surface area contributed by atoms with E-state index < -0.39 is 11.9 Å². The Morgan fingerprint density at radius 2 is 1.23 bits per heavy atom. The standard InChI is InChI=1S/2C5H5NO3S2/c2*7-3-2-11-5(10)6(3)1-4(8)9/h2*1-2H2,(H,8,9). The largest absolute Gasteiger partial charge is 0.480 e. The second-order valence-corrected chi connectivity index (χ2v) is 7.07. The topological polar surface area (TPSA) is 115 Å². The van der Waals surface area contributed by atoms with Gasteiger partial charge >= 0.3 is 11.9 Å². The molecule has 2 heterocycles. The van der Waals surface area contributed by atoms with Crippen LogP contribution in [0.4, 0.5) is 0 Å². The highest BCUT2D eigenvalue weighted by molar-refractivity contribution is 8.24. The zero-order valence-corrected chi connectivity index (χ0v) is 14.1. The molecule has 2 aliphatic rings. The molecule has 2 N–H and O–H groups in total. The van der Waals surface area contributed by atoms with Crippen molar-refractivity contribution in [2.45, 2.75) is 0 Å². The maximum atomic E-state index is 10.9. The van der Waals surface area contributed by atoms with E-state index in [1.165, 1.54) is 23.5 Å². The summed E-state index contributed by atoms with van der Waals surface area (Å²) in [5.74, 6) is -1.98. The minimum atomic E-state index is -1.04. The van der Waals surface area contributed by atoms with Crippen LogP contribution in [0.3, 0.4) is 0 Å². The summed E-state index contributed by atoms with van der Waals surface area (Å²) in [5.41, 5.74) is 0. The molecule has 8 nitrogen and oxygen atoms in total. The van der Waals surface area contributed by atoms with E-state index in [-0.39, 0.29) is 36.4 Å². The van der Waals surface area contributed by atoms with Crippen molar-refractivity contribution in [3.8, 4) is 0 Å². The van der Waals surface area contributed by atoms with E-state index in [0.29, 0.717) is 8.64 Å². The van der Waals surface area contributed by atoms with Gasteiger partial charge in [-0.3, -0.25) is 29.0 Å². The van der Waals surface area contributed by atoms with Crippen LogP contribution in [0.2, 0.25) is 0 Å². The Kier molecular flexibility index (Phi) is 7.19. The maximum Gasteiger partial charge on any atom is 0.323 e. The molecule has 22 heavy (non-hydrogen) atoms. The molecule has 0 saturated carbocycles. The van der Waals surface area contributed by atoms with Gasteiger partial charge in [-0.2, -0.15) is 0 Å². The van der Waals surface area contributed by atoms with Gasteiger partial charge in [0.2, 0.25) is 11.8 Å². The van der Waals surface area contributed by atoms with Crippen molar-refractivity contribution in [1.29, 1.82) is 0 Å². The molecule has 0 radical (unpaired) electrons. The van der Waals surface area contributed by atoms with Gasteiger partial charge in [-0.05, 0) is 0 Å². The first-order chi connectivity index (χ1) is 10.2. The van der Waals surface area contributed by atoms with Crippen LogP contribution in [0.15, 0.2) is 0 Å². The molecule has 0 aromatic carbocycles. The van der Waals surface area contributed by atoms with Crippen LogP contribution in [0.5, 0.6) is 0 Å². The number of nitrogens with zero attached hydrogens (tertiary/aromatic N) is 2. The highest BCUT2D eigenvalue weighted by atomic mass is 32.2. The van der Waals surface area contributed by atoms with Crippen LogP contribution < -0.4 is 0 Å². The smallest absolute Gasteiger partial charge is 0.323 e. The summed E-state index contributed by atoms with van der Waals surface area (Å²) in [6.07, 6.45) is 0. The molecule has 0 atom stereocenters. The quantitative estimate of drug-likeness (QED) is 0.637. The lowest BCUT2D eigenvalue weighted by Gasteiger charge is -2.10. The van der Waals surface area contributed by atoms with Crippen molar-refractivity contribution in [2.75, 3.05) is 24.6 Å². The van der Waals surface area contributed by atoms with Crippen molar-refractivity contribution in [2.24, 2.45) is 0 Å². The second-order valence-electron chi connectivity index (χ2n) is 3.86. The third-order valence-corrected chi connectivity index (χ3v) is 5.13. The Hall–Kier alpha value is -1.24. The van der Waals surface area contributed by atoms with E-state index in [1.807, 2.05) is 0 Å². The van der Waals surface area contributed by atoms with E-state index >= 15 is 0 Å². The Balaban J connectivity index is 0.000000220. The minimum absolute atomic E-state index is 0.220. The van der Waals surface area contributed by atoms with E-state index in [0.717, 1.165) is 9.80 Å². The monoisotopic (exact) mass is 382 g/mol. The van der Waals surface area contributed by atoms with Crippen molar-refractivity contribution < 1.29 is 29.4 Å². The van der Waals surface area contributed by atoms with Gasteiger partial charge < -0.3 is 10.2 Å². The number of thioether (sulfide) groups is 2. The molecule has 2 saturated heterocycles. The number of carboxylic acid groups (broad SMARTS) is 2. The number of amides is 2. The molecule has 12 heteroatoms. The van der Waals surface area contributed by atoms with E-state index in [1.54, 1.807) is 0 Å². The number of thiocarbonyl (C=S) groups is 2. The van der Waals surface area contributed by atoms with Gasteiger partial charge in [-0.15, -0.1) is 0 Å². The van der Waals surface area contributed by atoms with Gasteiger partial charge in [-0.1, -0.05) is 48.0 Å². The Morgan fingerprint density at radius 3 is 1.41 bits per heavy atom. The average molecular weight is 382 g/mol. The van der Waals surface area contributed by atoms with Gasteiger partial charge in [-0.25, -0.2) is 0 Å². The molecule has 2 amide bonds. The number of aliphatic carboxylic acids is 2. The molecule has 2 fully saturated rings. The summed E-state index contributed by atoms with van der Waals surface area (Å²) in [6, 6.07) is 0. The normalized spacial score (nSPS) is 17.6. The van der Waals surface area contributed by atoms with Crippen LogP contribution in [0, 0.1) is 0 Å². The van der Waals surface area contributed by atoms with Gasteiger partial charge in [0.05, 0.1) is 11.5 Å². The highest BCUT2D eigenvalue weighted by Crippen LogP contribution is 2.19. The van der Waals surface area contributed by atoms with Crippen LogP contribution >= 0.6 is 48.0 Å². The molecule has 2 aliphatic heterocycles. The first-order valence-electron chi connectivity index (χ1n) is 5.60. The lowest BCUT2D eigenvalue weighted by atomic mass is 10.5. The summed E-state index contributed by atoms with van der Waals surface area (Å²) >= 11 is 11.9. The Labute approximate surface area is 144 Å². The molecular weight excluding hydrogens is 372 g/mol. The molecule has 0 spiro atoms. The minimum Gasteiger partial charge on any atom is -0.480 e. The van der Waals surface area contributed by atoms with Crippen LogP contribution in [0.25, 0.3) is 0 Å². The predicted molar refractivity (Wildman–Crippen MR) is 88.8 cm³/mol. The van der Waals surface area contributed by atoms with Crippen molar-refractivity contribution in [1.82, 2.24) is 9.80 Å². The number of rotatable bonds is 4. The zero-order valence-electron chi connectivity index (χ0n) is 10.9. The van der Waals surface area contributed by atoms with E-state index in [9.17, 15) is 19.2 Å². The summed E-state index contributed by atoms with van der Waals surface area (Å²) in [7, 11) is 0. The molecular formula is C10H10N2O6S4. The van der Waals surface area contributed by atoms with Gasteiger partial charge in [0.15, 0.2) is 0 Å². The maximum absolute atomic E-state index is 10.9. The highest BCUT2D eigenvalue weighted by Gasteiger charge is 2.28. The SMILES string of the molecule is O=C(O)CN1C(=O)CSC1=S.O=C(O)CN1C(=O)CSC1=S. The van der Waals surface area contributed by atoms with Gasteiger partial charge in [0, 0.05) is 0 Å². The lowest BCUT2D eigenvalue weighted by molar-refractivity contribution is -0.140. The van der Waals surface area contributed by atoms with E-state index in [4.69, 9.17) is 34.6 Å². The first kappa shape index (κ1) is 18.8. The van der Waals surface area contributed by atoms with Crippen LogP contribution in [-0.4, -0.2) is 77.0 Å². The van der Waals surface area contributed by atoms with Crippen LogP contribution in [-0.2, 0) is 19.2 Å². The van der Waals surface area contributed by atoms with E-state index in [2.05, 4.69) is 0 Å². The first-order valence-corrected chi connectivity index (χ1v) is 8.39. The zero-order chi connectivity index (χ0) is 16.9. The Morgan fingerprint density at radius 1 is 0.909 bits per heavy atom. The molecule has 2 rings (SSSR count). The number of carbonyl (C=O) groups excluding carboxylic acids is 2. The molecule has 0 aromatic heterocycles. The second kappa shape index (κ2) is 8.41. The summed E-state index contributed by atoms with van der Waals surface area (Å²) in [4.78, 5) is 44.3. The summed E-state index contributed by atoms with van der Waals surface area (Å²) in [5, 5.41) is 16.7. The number of carbonyl (C=O) groups is 4. The predicted octanol–water partition coefficient (Wildman–Crippen LogP) is -0.137. The number of hydrogen-bond donors (Lipinski definition) is 2. The molecule has 0 aromatic rings. The van der Waals surface area contributed by atoms with Crippen molar-refractivity contribution >= 4 is 80.4 Å². The molecule has 120 valence electrons. The van der Waals surface area contributed by atoms with Gasteiger partial charge in [0.25, 0.3) is 0 Å². The summed E-state index contributed by atoms with van der Waals surface area (Å²) in [6.45, 7) is -0.630. The van der Waals surface area contributed by atoms with Crippen LogP contribution in [0.1, 0.15) is 0 Å². The summed E-state index contributed by atoms with van der Waals surface area (Å²) < 4.78 is 0.717. The Bertz CT molecular complexity index is 472. The fourth-order valence-electron chi connectivity index (χ4n) is 1.34. The number of hydrogen-bond acceptors (Lipinski definition) is 8. The fraction of sp³-hybridized carbons (Fsp3) is 0.400. The third-order valence-electron chi connectivity index (χ3n) is 2.27. The molecule has 0 aliphatic carbocycles. The van der Waals surface area contributed by atoms with Crippen molar-refractivity contribution in [3.05, 3.63) is 0 Å². The molecule has 0 unspecified atom stereocenters. The lowest BCUT2D eigenvalue weighted by Crippen LogP contribution is -2.33. The van der Waals surface area contributed by atoms with Gasteiger partial charge in [0.1, 0.15) is 21.7 Å².